The molecule has 14 heavy (non-hydrogen) atoms. The lowest BCUT2D eigenvalue weighted by atomic mass is 10.1. The fourth-order valence-electron chi connectivity index (χ4n) is 0.829. The molecule has 1 aromatic rings. The minimum atomic E-state index is -1.95. The summed E-state index contributed by atoms with van der Waals surface area (Å²) in [5.74, 6) is -1.54. The molecule has 0 bridgehead atoms. The van der Waals surface area contributed by atoms with Gasteiger partial charge in [-0.05, 0) is 0 Å². The smallest absolute Gasteiger partial charge is 0.335 e. The van der Waals surface area contributed by atoms with E-state index in [2.05, 4.69) is 9.97 Å². The summed E-state index contributed by atoms with van der Waals surface area (Å²) in [6.07, 6.45) is -1.29. The summed E-state index contributed by atoms with van der Waals surface area (Å²) in [5.41, 5.74) is -0.0240. The van der Waals surface area contributed by atoms with Crippen LogP contribution in [0.3, 0.4) is 0 Å². The van der Waals surface area contributed by atoms with Crippen molar-refractivity contribution in [3.8, 4) is 0 Å². The number of aliphatic carboxylic acids is 1. The Morgan fingerprint density at radius 1 is 1.50 bits per heavy atom. The zero-order valence-electron chi connectivity index (χ0n) is 6.83. The molecule has 2 atom stereocenters. The molecule has 0 radical (unpaired) electrons. The van der Waals surface area contributed by atoms with Gasteiger partial charge in [0.2, 0.25) is 0 Å². The first-order valence-corrected chi connectivity index (χ1v) is 3.96. The third-order valence-electron chi connectivity index (χ3n) is 1.56. The average molecular weight is 219 g/mol. The van der Waals surface area contributed by atoms with E-state index >= 15 is 0 Å². The highest BCUT2D eigenvalue weighted by atomic mass is 35.5. The highest BCUT2D eigenvalue weighted by Crippen LogP contribution is 2.22. The van der Waals surface area contributed by atoms with Crippen LogP contribution < -0.4 is 0 Å². The SMILES string of the molecule is O=C(O)C(O)C(O)c1cncnc1Cl. The largest absolute Gasteiger partial charge is 0.479 e. The maximum atomic E-state index is 10.3. The summed E-state index contributed by atoms with van der Waals surface area (Å²) in [7, 11) is 0. The Morgan fingerprint density at radius 3 is 2.64 bits per heavy atom. The lowest BCUT2D eigenvalue weighted by Gasteiger charge is -2.13. The van der Waals surface area contributed by atoms with E-state index in [1.807, 2.05) is 0 Å². The quantitative estimate of drug-likeness (QED) is 0.597. The Kier molecular flexibility index (Phi) is 3.34. The third kappa shape index (κ3) is 2.16. The Morgan fingerprint density at radius 2 is 2.14 bits per heavy atom. The van der Waals surface area contributed by atoms with Crippen LogP contribution in [0.2, 0.25) is 5.15 Å². The van der Waals surface area contributed by atoms with Crippen molar-refractivity contribution in [1.82, 2.24) is 9.97 Å². The topological polar surface area (TPSA) is 104 Å². The van der Waals surface area contributed by atoms with E-state index in [4.69, 9.17) is 21.8 Å². The lowest BCUT2D eigenvalue weighted by molar-refractivity contribution is -0.153. The summed E-state index contributed by atoms with van der Waals surface area (Å²) in [4.78, 5) is 17.4. The van der Waals surface area contributed by atoms with Gasteiger partial charge >= 0.3 is 5.97 Å². The van der Waals surface area contributed by atoms with Gasteiger partial charge in [0.15, 0.2) is 6.10 Å². The number of nitrogens with zero attached hydrogens (tertiary/aromatic N) is 2. The fraction of sp³-hybridized carbons (Fsp3) is 0.286. The van der Waals surface area contributed by atoms with Crippen molar-refractivity contribution < 1.29 is 20.1 Å². The molecule has 1 rings (SSSR count). The highest BCUT2D eigenvalue weighted by Gasteiger charge is 2.27. The Labute approximate surface area is 83.8 Å². The second-order valence-electron chi connectivity index (χ2n) is 2.50. The summed E-state index contributed by atoms with van der Waals surface area (Å²) >= 11 is 5.55. The molecule has 0 saturated carbocycles. The molecule has 0 aliphatic carbocycles. The van der Waals surface area contributed by atoms with Crippen molar-refractivity contribution in [2.24, 2.45) is 0 Å². The number of halogens is 1. The van der Waals surface area contributed by atoms with Gasteiger partial charge in [0, 0.05) is 11.8 Å². The van der Waals surface area contributed by atoms with E-state index in [0.717, 1.165) is 12.5 Å². The van der Waals surface area contributed by atoms with Gasteiger partial charge in [-0.1, -0.05) is 11.6 Å². The summed E-state index contributed by atoms with van der Waals surface area (Å²) in [6.45, 7) is 0. The molecule has 0 saturated heterocycles. The fourth-order valence-corrected chi connectivity index (χ4v) is 1.03. The van der Waals surface area contributed by atoms with Crippen LogP contribution in [0.5, 0.6) is 0 Å². The van der Waals surface area contributed by atoms with Crippen molar-refractivity contribution in [1.29, 1.82) is 0 Å². The number of carboxylic acid groups (broad SMARTS) is 1. The van der Waals surface area contributed by atoms with Gasteiger partial charge < -0.3 is 15.3 Å². The minimum absolute atomic E-state index is 0.0240. The lowest BCUT2D eigenvalue weighted by Crippen LogP contribution is -2.27. The van der Waals surface area contributed by atoms with Gasteiger partial charge in [-0.25, -0.2) is 14.8 Å². The van der Waals surface area contributed by atoms with E-state index < -0.39 is 18.2 Å². The van der Waals surface area contributed by atoms with Crippen molar-refractivity contribution >= 4 is 17.6 Å². The minimum Gasteiger partial charge on any atom is -0.479 e. The van der Waals surface area contributed by atoms with Gasteiger partial charge in [-0.2, -0.15) is 0 Å². The second-order valence-corrected chi connectivity index (χ2v) is 2.85. The molecule has 0 aromatic carbocycles. The van der Waals surface area contributed by atoms with E-state index in [-0.39, 0.29) is 10.7 Å². The monoisotopic (exact) mass is 218 g/mol. The van der Waals surface area contributed by atoms with Crippen LogP contribution in [0.15, 0.2) is 12.5 Å². The van der Waals surface area contributed by atoms with Gasteiger partial charge in [-0.15, -0.1) is 0 Å². The normalized spacial score (nSPS) is 14.8. The third-order valence-corrected chi connectivity index (χ3v) is 1.88. The molecule has 76 valence electrons. The van der Waals surface area contributed by atoms with Crippen LogP contribution in [0, 0.1) is 0 Å². The number of carbonyl (C=O) groups is 1. The molecule has 0 fully saturated rings. The van der Waals surface area contributed by atoms with Crippen LogP contribution >= 0.6 is 11.6 Å². The van der Waals surface area contributed by atoms with Gasteiger partial charge in [0.25, 0.3) is 0 Å². The molecule has 1 heterocycles. The molecule has 2 unspecified atom stereocenters. The second kappa shape index (κ2) is 4.32. The van der Waals surface area contributed by atoms with Crippen LogP contribution in [-0.2, 0) is 4.79 Å². The molecule has 1 aromatic heterocycles. The van der Waals surface area contributed by atoms with Gasteiger partial charge in [0.1, 0.15) is 17.6 Å². The summed E-state index contributed by atoms with van der Waals surface area (Å²) < 4.78 is 0. The molecule has 3 N–H and O–H groups in total. The molecular weight excluding hydrogens is 212 g/mol. The van der Waals surface area contributed by atoms with Crippen molar-refractivity contribution in [2.75, 3.05) is 0 Å². The van der Waals surface area contributed by atoms with Crippen molar-refractivity contribution in [3.05, 3.63) is 23.2 Å². The average Bonchev–Trinajstić information content (AvgIpc) is 2.16. The van der Waals surface area contributed by atoms with Gasteiger partial charge in [0.05, 0.1) is 0 Å². The van der Waals surface area contributed by atoms with E-state index in [1.165, 1.54) is 0 Å². The summed E-state index contributed by atoms with van der Waals surface area (Å²) in [5, 5.41) is 26.7. The van der Waals surface area contributed by atoms with Crippen LogP contribution in [0.1, 0.15) is 11.7 Å². The molecule has 0 amide bonds. The number of aliphatic hydroxyl groups excluding tert-OH is 2. The Balaban J connectivity index is 2.94. The predicted molar refractivity (Wildman–Crippen MR) is 45.6 cm³/mol. The van der Waals surface area contributed by atoms with E-state index in [9.17, 15) is 9.90 Å². The van der Waals surface area contributed by atoms with E-state index in [0.29, 0.717) is 0 Å². The number of aromatic nitrogens is 2. The first-order chi connectivity index (χ1) is 6.54. The maximum Gasteiger partial charge on any atom is 0.335 e. The van der Waals surface area contributed by atoms with Crippen LogP contribution in [0.4, 0.5) is 0 Å². The maximum absolute atomic E-state index is 10.3. The first kappa shape index (κ1) is 10.8. The zero-order chi connectivity index (χ0) is 10.7. The molecule has 0 aliphatic heterocycles. The molecule has 0 spiro atoms. The number of carboxylic acids is 1. The number of hydrogen-bond acceptors (Lipinski definition) is 5. The first-order valence-electron chi connectivity index (χ1n) is 3.58. The Bertz CT molecular complexity index is 346. The predicted octanol–water partition coefficient (Wildman–Crippen LogP) is -0.391. The standard InChI is InChI=1S/C7H7ClN2O4/c8-6-3(1-9-2-10-6)4(11)5(12)7(13)14/h1-2,4-5,11-12H,(H,13,14). The number of hydrogen-bond donors (Lipinski definition) is 3. The highest BCUT2D eigenvalue weighted by molar-refractivity contribution is 6.30. The Hall–Kier alpha value is -1.24. The van der Waals surface area contributed by atoms with Crippen molar-refractivity contribution in [3.63, 3.8) is 0 Å². The van der Waals surface area contributed by atoms with Crippen LogP contribution in [-0.4, -0.2) is 37.4 Å². The molecule has 6 nitrogen and oxygen atoms in total. The number of rotatable bonds is 3. The van der Waals surface area contributed by atoms with Crippen LogP contribution in [0.25, 0.3) is 0 Å². The van der Waals surface area contributed by atoms with Crippen molar-refractivity contribution in [2.45, 2.75) is 12.2 Å². The molecule has 7 heteroatoms. The number of aliphatic hydroxyl groups is 2. The zero-order valence-corrected chi connectivity index (χ0v) is 7.59. The summed E-state index contributed by atoms with van der Waals surface area (Å²) in [6, 6.07) is 0. The molecular formula is C7H7ClN2O4. The van der Waals surface area contributed by atoms with E-state index in [1.54, 1.807) is 0 Å². The van der Waals surface area contributed by atoms with Gasteiger partial charge in [-0.3, -0.25) is 0 Å². The molecule has 0 aliphatic rings.